The maximum absolute atomic E-state index is 10.8. The number of non-ortho nitro benzene ring substituents is 1. The van der Waals surface area contributed by atoms with E-state index in [4.69, 9.17) is 11.5 Å². The average molecular weight is 325 g/mol. The fraction of sp³-hybridized carbons (Fsp3) is 0. The summed E-state index contributed by atoms with van der Waals surface area (Å²) in [6.07, 6.45) is 1.27. The van der Waals surface area contributed by atoms with Gasteiger partial charge in [-0.3, -0.25) is 21.0 Å². The smallest absolute Gasteiger partial charge is 0.270 e. The standard InChI is InChI=1S/C10H11N7O2S2/c11-9(20)15-13-5-8(14-16-10(12)21)6-2-1-3-7(4-6)17(18)19/h1-5H,(H3,11,15,20)(H3,12,16,21)/b13-5+,14-8-. The summed E-state index contributed by atoms with van der Waals surface area (Å²) >= 11 is 9.23. The van der Waals surface area contributed by atoms with Crippen LogP contribution in [-0.2, 0) is 0 Å². The number of rotatable bonds is 5. The van der Waals surface area contributed by atoms with Gasteiger partial charge in [0, 0.05) is 17.7 Å². The molecule has 0 fully saturated rings. The van der Waals surface area contributed by atoms with Gasteiger partial charge in [0.2, 0.25) is 0 Å². The molecule has 0 bridgehead atoms. The van der Waals surface area contributed by atoms with Crippen molar-refractivity contribution in [3.05, 3.63) is 39.9 Å². The van der Waals surface area contributed by atoms with Crippen LogP contribution in [0.1, 0.15) is 5.56 Å². The van der Waals surface area contributed by atoms with Crippen molar-refractivity contribution in [2.45, 2.75) is 0 Å². The van der Waals surface area contributed by atoms with Crippen LogP contribution >= 0.6 is 24.4 Å². The summed E-state index contributed by atoms with van der Waals surface area (Å²) in [6.45, 7) is 0. The number of hydrazone groups is 2. The Morgan fingerprint density at radius 1 is 1.29 bits per heavy atom. The van der Waals surface area contributed by atoms with Crippen molar-refractivity contribution in [2.24, 2.45) is 21.7 Å². The van der Waals surface area contributed by atoms with Gasteiger partial charge in [0.25, 0.3) is 5.69 Å². The molecule has 0 saturated heterocycles. The molecule has 9 nitrogen and oxygen atoms in total. The summed E-state index contributed by atoms with van der Waals surface area (Å²) in [7, 11) is 0. The van der Waals surface area contributed by atoms with Crippen LogP contribution in [-0.4, -0.2) is 27.1 Å². The number of nitrogens with two attached hydrogens (primary N) is 2. The third kappa shape index (κ3) is 5.88. The lowest BCUT2D eigenvalue weighted by Gasteiger charge is -2.03. The first-order chi connectivity index (χ1) is 9.90. The van der Waals surface area contributed by atoms with Crippen LogP contribution in [0.25, 0.3) is 0 Å². The van der Waals surface area contributed by atoms with Gasteiger partial charge < -0.3 is 11.5 Å². The molecule has 0 aliphatic carbocycles. The minimum absolute atomic E-state index is 0.0352. The molecule has 0 atom stereocenters. The molecular weight excluding hydrogens is 314 g/mol. The van der Waals surface area contributed by atoms with Crippen LogP contribution < -0.4 is 22.3 Å². The first-order valence-electron chi connectivity index (χ1n) is 5.36. The van der Waals surface area contributed by atoms with Gasteiger partial charge in [-0.2, -0.15) is 10.2 Å². The lowest BCUT2D eigenvalue weighted by molar-refractivity contribution is -0.384. The molecule has 1 rings (SSSR count). The molecule has 1 aromatic rings. The van der Waals surface area contributed by atoms with Gasteiger partial charge in [0.05, 0.1) is 11.1 Å². The summed E-state index contributed by atoms with van der Waals surface area (Å²) in [6, 6.07) is 5.80. The quantitative estimate of drug-likeness (QED) is 0.255. The highest BCUT2D eigenvalue weighted by molar-refractivity contribution is 7.80. The van der Waals surface area contributed by atoms with Gasteiger partial charge in [0.15, 0.2) is 10.2 Å². The summed E-state index contributed by atoms with van der Waals surface area (Å²) < 4.78 is 0. The maximum Gasteiger partial charge on any atom is 0.270 e. The highest BCUT2D eigenvalue weighted by atomic mass is 32.1. The zero-order valence-corrected chi connectivity index (χ0v) is 12.1. The predicted molar refractivity (Wildman–Crippen MR) is 88.0 cm³/mol. The van der Waals surface area contributed by atoms with E-state index in [0.717, 1.165) is 0 Å². The van der Waals surface area contributed by atoms with Gasteiger partial charge in [-0.25, -0.2) is 0 Å². The third-order valence-electron chi connectivity index (χ3n) is 2.00. The molecule has 1 aromatic carbocycles. The normalized spacial score (nSPS) is 11.1. The van der Waals surface area contributed by atoms with E-state index in [1.807, 2.05) is 0 Å². The Bertz CT molecular complexity index is 630. The molecule has 110 valence electrons. The molecule has 11 heteroatoms. The predicted octanol–water partition coefficient (Wildman–Crippen LogP) is -0.0489. The molecular formula is C10H11N7O2S2. The van der Waals surface area contributed by atoms with Gasteiger partial charge in [-0.1, -0.05) is 12.1 Å². The first kappa shape index (κ1) is 16.4. The number of nitro benzene ring substituents is 1. The van der Waals surface area contributed by atoms with E-state index >= 15 is 0 Å². The van der Waals surface area contributed by atoms with Crippen molar-refractivity contribution in [1.29, 1.82) is 0 Å². The Labute approximate surface area is 130 Å². The highest BCUT2D eigenvalue weighted by Gasteiger charge is 2.09. The van der Waals surface area contributed by atoms with Crippen LogP contribution in [0.2, 0.25) is 0 Å². The molecule has 0 aromatic heterocycles. The Hall–Kier alpha value is -2.66. The number of hydrogen-bond acceptors (Lipinski definition) is 6. The summed E-state index contributed by atoms with van der Waals surface area (Å²) in [5.74, 6) is 0. The number of nitrogens with zero attached hydrogens (tertiary/aromatic N) is 3. The average Bonchev–Trinajstić information content (AvgIpc) is 2.42. The van der Waals surface area contributed by atoms with Gasteiger partial charge in [-0.05, 0) is 24.4 Å². The lowest BCUT2D eigenvalue weighted by Crippen LogP contribution is -2.27. The number of nitro groups is 1. The molecule has 0 saturated carbocycles. The fourth-order valence-electron chi connectivity index (χ4n) is 1.22. The monoisotopic (exact) mass is 325 g/mol. The summed E-state index contributed by atoms with van der Waals surface area (Å²) in [5.41, 5.74) is 15.8. The van der Waals surface area contributed by atoms with Crippen molar-refractivity contribution in [3.63, 3.8) is 0 Å². The second-order valence-electron chi connectivity index (χ2n) is 3.51. The van der Waals surface area contributed by atoms with E-state index in [-0.39, 0.29) is 21.6 Å². The molecule has 0 aliphatic heterocycles. The van der Waals surface area contributed by atoms with E-state index in [0.29, 0.717) is 5.56 Å². The summed E-state index contributed by atoms with van der Waals surface area (Å²) in [5, 5.41) is 18.3. The molecule has 0 spiro atoms. The largest absolute Gasteiger partial charge is 0.375 e. The second-order valence-corrected chi connectivity index (χ2v) is 4.39. The van der Waals surface area contributed by atoms with Crippen LogP contribution in [0, 0.1) is 10.1 Å². The zero-order chi connectivity index (χ0) is 15.8. The molecule has 0 aliphatic rings. The molecule has 6 N–H and O–H groups in total. The van der Waals surface area contributed by atoms with E-state index in [2.05, 4.69) is 45.5 Å². The van der Waals surface area contributed by atoms with Crippen LogP contribution in [0.5, 0.6) is 0 Å². The van der Waals surface area contributed by atoms with Gasteiger partial charge in [0.1, 0.15) is 5.71 Å². The van der Waals surface area contributed by atoms with E-state index in [9.17, 15) is 10.1 Å². The molecule has 0 unspecified atom stereocenters. The van der Waals surface area contributed by atoms with Crippen molar-refractivity contribution in [3.8, 4) is 0 Å². The van der Waals surface area contributed by atoms with Gasteiger partial charge >= 0.3 is 0 Å². The number of nitrogens with one attached hydrogen (secondary N) is 2. The number of hydrogen-bond donors (Lipinski definition) is 4. The minimum Gasteiger partial charge on any atom is -0.375 e. The Morgan fingerprint density at radius 2 is 1.95 bits per heavy atom. The highest BCUT2D eigenvalue weighted by Crippen LogP contribution is 2.13. The minimum atomic E-state index is -0.521. The van der Waals surface area contributed by atoms with Crippen LogP contribution in [0.15, 0.2) is 34.5 Å². The number of benzene rings is 1. The van der Waals surface area contributed by atoms with Crippen molar-refractivity contribution in [1.82, 2.24) is 10.9 Å². The third-order valence-corrected chi connectivity index (χ3v) is 2.18. The Kier molecular flexibility index (Phi) is 6.10. The van der Waals surface area contributed by atoms with Crippen LogP contribution in [0.4, 0.5) is 5.69 Å². The van der Waals surface area contributed by atoms with E-state index in [1.165, 1.54) is 24.4 Å². The van der Waals surface area contributed by atoms with E-state index in [1.54, 1.807) is 6.07 Å². The Balaban J connectivity index is 3.10. The van der Waals surface area contributed by atoms with Crippen molar-refractivity contribution >= 4 is 52.3 Å². The fourth-order valence-corrected chi connectivity index (χ4v) is 1.32. The van der Waals surface area contributed by atoms with Crippen LogP contribution in [0.3, 0.4) is 0 Å². The Morgan fingerprint density at radius 3 is 2.52 bits per heavy atom. The second kappa shape index (κ2) is 7.81. The van der Waals surface area contributed by atoms with Crippen molar-refractivity contribution in [2.75, 3.05) is 0 Å². The molecule has 0 heterocycles. The van der Waals surface area contributed by atoms with Gasteiger partial charge in [-0.15, -0.1) is 0 Å². The molecule has 0 amide bonds. The maximum atomic E-state index is 10.8. The lowest BCUT2D eigenvalue weighted by atomic mass is 10.1. The first-order valence-corrected chi connectivity index (χ1v) is 6.18. The molecule has 0 radical (unpaired) electrons. The van der Waals surface area contributed by atoms with Crippen molar-refractivity contribution < 1.29 is 4.92 Å². The number of thiocarbonyl (C=S) groups is 2. The SMILES string of the molecule is NC(=S)N/N=C/C(=N/NC(N)=S)c1cccc([N+](=O)[O-])c1. The van der Waals surface area contributed by atoms with E-state index < -0.39 is 4.92 Å². The topological polar surface area (TPSA) is 144 Å². The molecule has 21 heavy (non-hydrogen) atoms. The zero-order valence-electron chi connectivity index (χ0n) is 10.5. The summed E-state index contributed by atoms with van der Waals surface area (Å²) in [4.78, 5) is 10.3.